The Kier molecular flexibility index (Phi) is 4.61. The monoisotopic (exact) mass is 338 g/mol. The molecule has 1 aliphatic heterocycles. The van der Waals surface area contributed by atoms with Gasteiger partial charge in [0.05, 0.1) is 11.2 Å². The SMILES string of the molecule is Cc1cccc(/C(=C\B2OC(C)(C)C(C)(C)O2)c2ccc(F)cc2)c1. The largest absolute Gasteiger partial charge is 0.487 e. The van der Waals surface area contributed by atoms with Crippen molar-refractivity contribution in [3.05, 3.63) is 77.0 Å². The van der Waals surface area contributed by atoms with Gasteiger partial charge < -0.3 is 9.31 Å². The van der Waals surface area contributed by atoms with Crippen molar-refractivity contribution in [1.82, 2.24) is 0 Å². The molecule has 1 heterocycles. The fraction of sp³-hybridized carbons (Fsp3) is 0.333. The summed E-state index contributed by atoms with van der Waals surface area (Å²) >= 11 is 0. The molecule has 2 aromatic rings. The first-order valence-corrected chi connectivity index (χ1v) is 8.58. The van der Waals surface area contributed by atoms with Gasteiger partial charge >= 0.3 is 7.12 Å². The summed E-state index contributed by atoms with van der Waals surface area (Å²) in [6, 6.07) is 14.8. The maximum absolute atomic E-state index is 13.4. The molecule has 130 valence electrons. The Morgan fingerprint density at radius 3 is 2.08 bits per heavy atom. The molecule has 0 radical (unpaired) electrons. The van der Waals surface area contributed by atoms with Crippen LogP contribution in [0.1, 0.15) is 44.4 Å². The highest BCUT2D eigenvalue weighted by Gasteiger charge is 2.50. The van der Waals surface area contributed by atoms with Gasteiger partial charge in [0, 0.05) is 0 Å². The molecule has 2 aromatic carbocycles. The predicted octanol–water partition coefficient (Wildman–Crippen LogP) is 5.20. The molecule has 3 rings (SSSR count). The van der Waals surface area contributed by atoms with Crippen LogP contribution < -0.4 is 0 Å². The van der Waals surface area contributed by atoms with Gasteiger partial charge in [0.1, 0.15) is 5.82 Å². The fourth-order valence-electron chi connectivity index (χ4n) is 2.89. The first-order valence-electron chi connectivity index (χ1n) is 8.58. The highest BCUT2D eigenvalue weighted by molar-refractivity contribution is 6.53. The van der Waals surface area contributed by atoms with Crippen molar-refractivity contribution in [2.45, 2.75) is 45.8 Å². The highest BCUT2D eigenvalue weighted by Crippen LogP contribution is 2.38. The molecule has 4 heteroatoms. The van der Waals surface area contributed by atoms with E-state index in [1.165, 1.54) is 17.7 Å². The molecule has 0 amide bonds. The molecule has 0 unspecified atom stereocenters. The van der Waals surface area contributed by atoms with Crippen molar-refractivity contribution in [2.24, 2.45) is 0 Å². The molecule has 1 aliphatic rings. The van der Waals surface area contributed by atoms with Crippen molar-refractivity contribution in [3.63, 3.8) is 0 Å². The molecule has 0 spiro atoms. The van der Waals surface area contributed by atoms with E-state index in [0.29, 0.717) is 0 Å². The van der Waals surface area contributed by atoms with Crippen LogP contribution >= 0.6 is 0 Å². The molecule has 1 saturated heterocycles. The van der Waals surface area contributed by atoms with E-state index in [1.54, 1.807) is 12.1 Å². The Labute approximate surface area is 149 Å². The van der Waals surface area contributed by atoms with E-state index < -0.39 is 18.3 Å². The number of halogens is 1. The summed E-state index contributed by atoms with van der Waals surface area (Å²) in [6.45, 7) is 10.2. The molecule has 2 nitrogen and oxygen atoms in total. The van der Waals surface area contributed by atoms with Gasteiger partial charge in [-0.3, -0.25) is 0 Å². The zero-order valence-corrected chi connectivity index (χ0v) is 15.5. The third-order valence-corrected chi connectivity index (χ3v) is 5.06. The Morgan fingerprint density at radius 1 is 0.920 bits per heavy atom. The lowest BCUT2D eigenvalue weighted by atomic mass is 9.82. The minimum Gasteiger partial charge on any atom is -0.400 e. The summed E-state index contributed by atoms with van der Waals surface area (Å²) in [6.07, 6.45) is 0. The van der Waals surface area contributed by atoms with E-state index in [9.17, 15) is 4.39 Å². The Morgan fingerprint density at radius 2 is 1.52 bits per heavy atom. The minimum atomic E-state index is -0.453. The maximum Gasteiger partial charge on any atom is 0.487 e. The molecule has 0 bridgehead atoms. The van der Waals surface area contributed by atoms with E-state index in [-0.39, 0.29) is 5.82 Å². The highest BCUT2D eigenvalue weighted by atomic mass is 19.1. The third-order valence-electron chi connectivity index (χ3n) is 5.06. The standard InChI is InChI=1S/C21H24BFO2/c1-15-7-6-8-17(13-15)19(16-9-11-18(23)12-10-16)14-22-24-20(2,3)21(4,5)25-22/h6-14H,1-5H3/b19-14-. The second kappa shape index (κ2) is 6.43. The third kappa shape index (κ3) is 3.70. The normalized spacial score (nSPS) is 19.3. The van der Waals surface area contributed by atoms with Crippen molar-refractivity contribution >= 4 is 12.7 Å². The summed E-state index contributed by atoms with van der Waals surface area (Å²) in [7, 11) is -0.453. The van der Waals surface area contributed by atoms with Gasteiger partial charge in [-0.2, -0.15) is 0 Å². The molecule has 0 atom stereocenters. The smallest absolute Gasteiger partial charge is 0.400 e. The summed E-state index contributed by atoms with van der Waals surface area (Å²) in [5.41, 5.74) is 3.34. The van der Waals surface area contributed by atoms with Crippen LogP contribution in [0.25, 0.3) is 5.57 Å². The molecule has 0 aliphatic carbocycles. The van der Waals surface area contributed by atoms with Crippen molar-refractivity contribution < 1.29 is 13.7 Å². The second-order valence-electron chi connectivity index (χ2n) is 7.58. The van der Waals surface area contributed by atoms with Crippen molar-refractivity contribution in [2.75, 3.05) is 0 Å². The van der Waals surface area contributed by atoms with Crippen LogP contribution in [0.3, 0.4) is 0 Å². The molecular weight excluding hydrogens is 314 g/mol. The second-order valence-corrected chi connectivity index (χ2v) is 7.58. The van der Waals surface area contributed by atoms with Gasteiger partial charge in [-0.1, -0.05) is 42.0 Å². The lowest BCUT2D eigenvalue weighted by molar-refractivity contribution is 0.00578. The lowest BCUT2D eigenvalue weighted by Crippen LogP contribution is -2.41. The van der Waals surface area contributed by atoms with Crippen LogP contribution in [0, 0.1) is 12.7 Å². The van der Waals surface area contributed by atoms with E-state index in [0.717, 1.165) is 16.7 Å². The Bertz CT molecular complexity index is 778. The zero-order chi connectivity index (χ0) is 18.2. The van der Waals surface area contributed by atoms with Crippen LogP contribution in [-0.4, -0.2) is 18.3 Å². The van der Waals surface area contributed by atoms with Gasteiger partial charge in [0.2, 0.25) is 0 Å². The topological polar surface area (TPSA) is 18.5 Å². The average molecular weight is 338 g/mol. The van der Waals surface area contributed by atoms with E-state index >= 15 is 0 Å². The average Bonchev–Trinajstić information content (AvgIpc) is 2.73. The zero-order valence-electron chi connectivity index (χ0n) is 15.5. The number of benzene rings is 2. The fourth-order valence-corrected chi connectivity index (χ4v) is 2.89. The molecular formula is C21H24BFO2. The van der Waals surface area contributed by atoms with Crippen LogP contribution in [-0.2, 0) is 9.31 Å². The van der Waals surface area contributed by atoms with E-state index in [2.05, 4.69) is 19.1 Å². The first kappa shape index (κ1) is 17.9. The molecule has 0 N–H and O–H groups in total. The van der Waals surface area contributed by atoms with Crippen LogP contribution in [0.5, 0.6) is 0 Å². The predicted molar refractivity (Wildman–Crippen MR) is 101 cm³/mol. The van der Waals surface area contributed by atoms with Gasteiger partial charge in [-0.25, -0.2) is 4.39 Å². The van der Waals surface area contributed by atoms with Gasteiger partial charge in [-0.05, 0) is 69.4 Å². The molecule has 1 fully saturated rings. The van der Waals surface area contributed by atoms with Crippen LogP contribution in [0.15, 0.2) is 54.5 Å². The summed E-state index contributed by atoms with van der Waals surface area (Å²) < 4.78 is 25.6. The number of hydrogen-bond acceptors (Lipinski definition) is 2. The van der Waals surface area contributed by atoms with E-state index in [4.69, 9.17) is 9.31 Å². The quantitative estimate of drug-likeness (QED) is 0.717. The Hall–Kier alpha value is -1.91. The van der Waals surface area contributed by atoms with Crippen LogP contribution in [0.4, 0.5) is 4.39 Å². The minimum absolute atomic E-state index is 0.247. The summed E-state index contributed by atoms with van der Waals surface area (Å²) in [5, 5.41) is 0. The summed E-state index contributed by atoms with van der Waals surface area (Å²) in [4.78, 5) is 0. The van der Waals surface area contributed by atoms with Crippen LogP contribution in [0.2, 0.25) is 0 Å². The van der Waals surface area contributed by atoms with Gasteiger partial charge in [-0.15, -0.1) is 0 Å². The summed E-state index contributed by atoms with van der Waals surface area (Å²) in [5.74, 6) is 1.74. The van der Waals surface area contributed by atoms with Gasteiger partial charge in [0.25, 0.3) is 0 Å². The first-order chi connectivity index (χ1) is 11.7. The maximum atomic E-state index is 13.4. The van der Waals surface area contributed by atoms with Crippen molar-refractivity contribution in [1.29, 1.82) is 0 Å². The van der Waals surface area contributed by atoms with E-state index in [1.807, 2.05) is 45.8 Å². The Balaban J connectivity index is 2.04. The number of hydrogen-bond donors (Lipinski definition) is 0. The lowest BCUT2D eigenvalue weighted by Gasteiger charge is -2.32. The van der Waals surface area contributed by atoms with Crippen molar-refractivity contribution in [3.8, 4) is 0 Å². The number of rotatable bonds is 3. The molecule has 0 aromatic heterocycles. The molecule has 25 heavy (non-hydrogen) atoms. The molecule has 0 saturated carbocycles. The number of aryl methyl sites for hydroxylation is 1. The van der Waals surface area contributed by atoms with Gasteiger partial charge in [0.15, 0.2) is 0 Å².